The van der Waals surface area contributed by atoms with Gasteiger partial charge in [-0.05, 0) is 55.5 Å². The van der Waals surface area contributed by atoms with Crippen LogP contribution in [0.2, 0.25) is 5.02 Å². The van der Waals surface area contributed by atoms with E-state index < -0.39 is 10.8 Å². The molecule has 0 aliphatic rings. The summed E-state index contributed by atoms with van der Waals surface area (Å²) in [6, 6.07) is 19.2. The van der Waals surface area contributed by atoms with E-state index in [9.17, 15) is 19.7 Å². The van der Waals surface area contributed by atoms with Gasteiger partial charge in [0.1, 0.15) is 11.4 Å². The minimum atomic E-state index is -0.590. The van der Waals surface area contributed by atoms with Gasteiger partial charge in [0.2, 0.25) is 5.75 Å². The number of nitro groups is 1. The van der Waals surface area contributed by atoms with Gasteiger partial charge in [0.05, 0.1) is 16.3 Å². The summed E-state index contributed by atoms with van der Waals surface area (Å²) in [6.45, 7) is 1.74. The van der Waals surface area contributed by atoms with E-state index in [2.05, 4.69) is 5.32 Å². The molecule has 0 unspecified atom stereocenters. The molecule has 4 aromatic rings. The summed E-state index contributed by atoms with van der Waals surface area (Å²) >= 11 is 5.82. The van der Waals surface area contributed by atoms with Gasteiger partial charge in [0.25, 0.3) is 11.5 Å². The van der Waals surface area contributed by atoms with Crippen molar-refractivity contribution in [1.82, 2.24) is 9.36 Å². The fraction of sp³-hybridized carbons (Fsp3) is 0.0833. The average Bonchev–Trinajstić information content (AvgIpc) is 3.04. The molecule has 172 valence electrons. The Morgan fingerprint density at radius 3 is 2.38 bits per heavy atom. The summed E-state index contributed by atoms with van der Waals surface area (Å²) in [5, 5.41) is 14.1. The van der Waals surface area contributed by atoms with Crippen molar-refractivity contribution in [2.24, 2.45) is 7.05 Å². The standard InChI is InChI=1S/C24H19ClN4O5/c1-15-22(24(31)28(27(15)2)18-6-4-3-5-7-18)26-23(30)16-8-11-19(12-9-16)34-21-13-10-17(25)14-20(21)29(32)33/h3-14H,1-2H3,(H,26,30). The third kappa shape index (κ3) is 4.41. The lowest BCUT2D eigenvalue weighted by molar-refractivity contribution is -0.385. The van der Waals surface area contributed by atoms with Gasteiger partial charge in [-0.1, -0.05) is 29.8 Å². The van der Waals surface area contributed by atoms with E-state index in [0.29, 0.717) is 17.1 Å². The van der Waals surface area contributed by atoms with E-state index in [1.807, 2.05) is 18.2 Å². The molecule has 0 saturated carbocycles. The zero-order valence-corrected chi connectivity index (χ0v) is 18.9. The lowest BCUT2D eigenvalue weighted by atomic mass is 10.2. The number of hydrogen-bond donors (Lipinski definition) is 1. The van der Waals surface area contributed by atoms with Gasteiger partial charge in [-0.15, -0.1) is 0 Å². The normalized spacial score (nSPS) is 10.7. The number of anilines is 1. The van der Waals surface area contributed by atoms with Crippen molar-refractivity contribution in [1.29, 1.82) is 0 Å². The van der Waals surface area contributed by atoms with Crippen molar-refractivity contribution in [3.8, 4) is 17.2 Å². The number of carbonyl (C=O) groups is 1. The van der Waals surface area contributed by atoms with Crippen molar-refractivity contribution in [2.75, 3.05) is 5.32 Å². The molecular formula is C24H19ClN4O5. The van der Waals surface area contributed by atoms with Gasteiger partial charge in [-0.25, -0.2) is 4.68 Å². The van der Waals surface area contributed by atoms with E-state index in [1.165, 1.54) is 47.1 Å². The zero-order chi connectivity index (χ0) is 24.4. The maximum Gasteiger partial charge on any atom is 0.313 e. The Bertz CT molecular complexity index is 1440. The smallest absolute Gasteiger partial charge is 0.313 e. The number of carbonyl (C=O) groups excluding carboxylic acids is 1. The van der Waals surface area contributed by atoms with Crippen molar-refractivity contribution < 1.29 is 14.5 Å². The third-order valence-electron chi connectivity index (χ3n) is 5.25. The van der Waals surface area contributed by atoms with E-state index in [1.54, 1.807) is 30.8 Å². The highest BCUT2D eigenvalue weighted by Crippen LogP contribution is 2.33. The molecule has 1 aromatic heterocycles. The van der Waals surface area contributed by atoms with Gasteiger partial charge < -0.3 is 10.1 Å². The first-order valence-corrected chi connectivity index (χ1v) is 10.5. The molecule has 1 heterocycles. The maximum atomic E-state index is 13.0. The number of nitro benzene ring substituents is 1. The van der Waals surface area contributed by atoms with Gasteiger partial charge in [-0.2, -0.15) is 0 Å². The minimum absolute atomic E-state index is 0.0213. The van der Waals surface area contributed by atoms with Crippen LogP contribution in [0.25, 0.3) is 5.69 Å². The molecule has 0 radical (unpaired) electrons. The molecule has 34 heavy (non-hydrogen) atoms. The van der Waals surface area contributed by atoms with Crippen LogP contribution >= 0.6 is 11.6 Å². The average molecular weight is 479 g/mol. The predicted octanol–water partition coefficient (Wildman–Crippen LogP) is 5.09. The number of nitrogens with one attached hydrogen (secondary N) is 1. The molecule has 1 N–H and O–H groups in total. The number of rotatable bonds is 6. The first-order chi connectivity index (χ1) is 16.3. The number of halogens is 1. The molecule has 3 aromatic carbocycles. The summed E-state index contributed by atoms with van der Waals surface area (Å²) in [6.07, 6.45) is 0. The molecule has 0 atom stereocenters. The Labute approximate surface area is 198 Å². The summed E-state index contributed by atoms with van der Waals surface area (Å²) in [5.41, 5.74) is 1.10. The number of ether oxygens (including phenoxy) is 1. The highest BCUT2D eigenvalue weighted by atomic mass is 35.5. The van der Waals surface area contributed by atoms with Crippen LogP contribution in [0.3, 0.4) is 0 Å². The van der Waals surface area contributed by atoms with Crippen LogP contribution in [0.1, 0.15) is 16.1 Å². The van der Waals surface area contributed by atoms with Gasteiger partial charge >= 0.3 is 5.69 Å². The van der Waals surface area contributed by atoms with Crippen LogP contribution in [-0.4, -0.2) is 20.2 Å². The monoisotopic (exact) mass is 478 g/mol. The fourth-order valence-electron chi connectivity index (χ4n) is 3.42. The zero-order valence-electron chi connectivity index (χ0n) is 18.2. The molecule has 1 amide bonds. The Morgan fingerprint density at radius 1 is 1.06 bits per heavy atom. The van der Waals surface area contributed by atoms with E-state index in [4.69, 9.17) is 16.3 Å². The van der Waals surface area contributed by atoms with Gasteiger partial charge in [-0.3, -0.25) is 24.4 Å². The summed E-state index contributed by atoms with van der Waals surface area (Å²) in [4.78, 5) is 36.4. The number of para-hydroxylation sites is 1. The minimum Gasteiger partial charge on any atom is -0.450 e. The summed E-state index contributed by atoms with van der Waals surface area (Å²) < 4.78 is 8.74. The number of amides is 1. The Morgan fingerprint density at radius 2 is 1.74 bits per heavy atom. The molecule has 0 aliphatic carbocycles. The fourth-order valence-corrected chi connectivity index (χ4v) is 3.59. The SMILES string of the molecule is Cc1c(NC(=O)c2ccc(Oc3ccc(Cl)cc3[N+](=O)[O-])cc2)c(=O)n(-c2ccccc2)n1C. The number of nitrogens with zero attached hydrogens (tertiary/aromatic N) is 3. The molecule has 0 bridgehead atoms. The summed E-state index contributed by atoms with van der Waals surface area (Å²) in [5.74, 6) is -0.160. The third-order valence-corrected chi connectivity index (χ3v) is 5.49. The second-order valence-corrected chi connectivity index (χ2v) is 7.82. The molecule has 9 nitrogen and oxygen atoms in total. The van der Waals surface area contributed by atoms with Crippen LogP contribution < -0.4 is 15.6 Å². The number of benzene rings is 3. The lowest BCUT2D eigenvalue weighted by Crippen LogP contribution is -2.22. The molecule has 0 saturated heterocycles. The number of hydrogen-bond acceptors (Lipinski definition) is 5. The Balaban J connectivity index is 1.55. The van der Waals surface area contributed by atoms with Gasteiger partial charge in [0, 0.05) is 23.7 Å². The predicted molar refractivity (Wildman–Crippen MR) is 128 cm³/mol. The first kappa shape index (κ1) is 22.8. The van der Waals surface area contributed by atoms with Crippen LogP contribution in [-0.2, 0) is 7.05 Å². The molecule has 0 spiro atoms. The van der Waals surface area contributed by atoms with Crippen LogP contribution in [0, 0.1) is 17.0 Å². The van der Waals surface area contributed by atoms with E-state index in [0.717, 1.165) is 0 Å². The van der Waals surface area contributed by atoms with Crippen molar-refractivity contribution in [3.05, 3.63) is 110 Å². The largest absolute Gasteiger partial charge is 0.450 e. The van der Waals surface area contributed by atoms with Crippen molar-refractivity contribution >= 4 is 28.9 Å². The van der Waals surface area contributed by atoms with Crippen LogP contribution in [0.15, 0.2) is 77.6 Å². The van der Waals surface area contributed by atoms with Crippen LogP contribution in [0.4, 0.5) is 11.4 Å². The second-order valence-electron chi connectivity index (χ2n) is 7.39. The lowest BCUT2D eigenvalue weighted by Gasteiger charge is -2.08. The topological polar surface area (TPSA) is 108 Å². The molecule has 10 heteroatoms. The Hall–Kier alpha value is -4.37. The van der Waals surface area contributed by atoms with Crippen LogP contribution in [0.5, 0.6) is 11.5 Å². The maximum absolute atomic E-state index is 13.0. The molecular weight excluding hydrogens is 460 g/mol. The first-order valence-electron chi connectivity index (χ1n) is 10.1. The van der Waals surface area contributed by atoms with E-state index >= 15 is 0 Å². The molecule has 4 rings (SSSR count). The molecule has 0 aliphatic heterocycles. The van der Waals surface area contributed by atoms with Gasteiger partial charge in [0.15, 0.2) is 0 Å². The Kier molecular flexibility index (Phi) is 6.20. The van der Waals surface area contributed by atoms with Crippen molar-refractivity contribution in [2.45, 2.75) is 6.92 Å². The second kappa shape index (κ2) is 9.24. The quantitative estimate of drug-likeness (QED) is 0.306. The highest BCUT2D eigenvalue weighted by molar-refractivity contribution is 6.30. The summed E-state index contributed by atoms with van der Waals surface area (Å²) in [7, 11) is 1.74. The number of aromatic nitrogens is 2. The van der Waals surface area contributed by atoms with E-state index in [-0.39, 0.29) is 33.3 Å². The molecule has 0 fully saturated rings. The highest BCUT2D eigenvalue weighted by Gasteiger charge is 2.20. The van der Waals surface area contributed by atoms with Crippen molar-refractivity contribution in [3.63, 3.8) is 0 Å².